The molecule has 8 heteroatoms. The number of aromatic nitrogens is 3. The summed E-state index contributed by atoms with van der Waals surface area (Å²) in [6.45, 7) is 0.940. The summed E-state index contributed by atoms with van der Waals surface area (Å²) in [4.78, 5) is 27.0. The molecule has 0 bridgehead atoms. The molecule has 3 heterocycles. The van der Waals surface area contributed by atoms with Crippen molar-refractivity contribution in [2.24, 2.45) is 7.05 Å². The lowest BCUT2D eigenvalue weighted by Crippen LogP contribution is -2.39. The van der Waals surface area contributed by atoms with Gasteiger partial charge in [0.2, 0.25) is 0 Å². The molecular formula is C19H17FN4O2S. The summed E-state index contributed by atoms with van der Waals surface area (Å²) in [6, 6.07) is 8.10. The molecule has 0 N–H and O–H groups in total. The van der Waals surface area contributed by atoms with Gasteiger partial charge in [0.15, 0.2) is 5.69 Å². The molecule has 1 aromatic carbocycles. The van der Waals surface area contributed by atoms with Crippen LogP contribution in [0.4, 0.5) is 4.39 Å². The lowest BCUT2D eigenvalue weighted by molar-refractivity contribution is 0.0727. The molecule has 0 radical (unpaired) electrons. The summed E-state index contributed by atoms with van der Waals surface area (Å²) in [7, 11) is 1.75. The number of carbonyl (C=O) groups is 1. The molecule has 0 saturated heterocycles. The Labute approximate surface area is 159 Å². The van der Waals surface area contributed by atoms with E-state index in [1.165, 1.54) is 18.3 Å². The topological polar surface area (TPSA) is 68.1 Å². The molecule has 1 aliphatic heterocycles. The Kier molecular flexibility index (Phi) is 4.57. The van der Waals surface area contributed by atoms with Gasteiger partial charge in [0, 0.05) is 44.2 Å². The van der Waals surface area contributed by atoms with Crippen LogP contribution >= 0.6 is 11.7 Å². The van der Waals surface area contributed by atoms with E-state index in [4.69, 9.17) is 0 Å². The highest BCUT2D eigenvalue weighted by Gasteiger charge is 2.25. The van der Waals surface area contributed by atoms with Crippen molar-refractivity contribution >= 4 is 17.6 Å². The van der Waals surface area contributed by atoms with Gasteiger partial charge in [-0.25, -0.2) is 4.39 Å². The third-order valence-electron chi connectivity index (χ3n) is 4.83. The molecule has 6 nitrogen and oxygen atoms in total. The molecule has 0 aliphatic carbocycles. The summed E-state index contributed by atoms with van der Waals surface area (Å²) in [5.74, 6) is -0.481. The van der Waals surface area contributed by atoms with Crippen LogP contribution in [0.3, 0.4) is 0 Å². The molecule has 3 aromatic rings. The SMILES string of the molecule is Cn1c2c(cc(Cc3cccc(F)c3)c1=O)CN(C(=O)c1cnsn1)CC2. The molecule has 138 valence electrons. The molecule has 0 unspecified atom stereocenters. The number of hydrogen-bond donors (Lipinski definition) is 0. The van der Waals surface area contributed by atoms with Gasteiger partial charge in [0.05, 0.1) is 17.9 Å². The maximum Gasteiger partial charge on any atom is 0.275 e. The van der Waals surface area contributed by atoms with Crippen molar-refractivity contribution in [1.29, 1.82) is 0 Å². The molecular weight excluding hydrogens is 367 g/mol. The lowest BCUT2D eigenvalue weighted by Gasteiger charge is -2.30. The van der Waals surface area contributed by atoms with Gasteiger partial charge >= 0.3 is 0 Å². The molecule has 4 rings (SSSR count). The first-order chi connectivity index (χ1) is 13.0. The van der Waals surface area contributed by atoms with Crippen LogP contribution in [0.1, 0.15) is 32.9 Å². The summed E-state index contributed by atoms with van der Waals surface area (Å²) >= 11 is 1.00. The Morgan fingerprint density at radius 3 is 2.93 bits per heavy atom. The van der Waals surface area contributed by atoms with Gasteiger partial charge in [-0.2, -0.15) is 8.75 Å². The van der Waals surface area contributed by atoms with Crippen LogP contribution in [0.2, 0.25) is 0 Å². The number of fused-ring (bicyclic) bond motifs is 1. The van der Waals surface area contributed by atoms with Gasteiger partial charge < -0.3 is 9.47 Å². The highest BCUT2D eigenvalue weighted by molar-refractivity contribution is 6.99. The van der Waals surface area contributed by atoms with E-state index in [1.54, 1.807) is 28.6 Å². The van der Waals surface area contributed by atoms with Crippen LogP contribution < -0.4 is 5.56 Å². The summed E-state index contributed by atoms with van der Waals surface area (Å²) in [6.07, 6.45) is 2.42. The van der Waals surface area contributed by atoms with Crippen molar-refractivity contribution < 1.29 is 9.18 Å². The Morgan fingerprint density at radius 1 is 1.33 bits per heavy atom. The van der Waals surface area contributed by atoms with Gasteiger partial charge in [-0.05, 0) is 29.3 Å². The zero-order valence-corrected chi connectivity index (χ0v) is 15.5. The quantitative estimate of drug-likeness (QED) is 0.694. The van der Waals surface area contributed by atoms with Crippen molar-refractivity contribution in [1.82, 2.24) is 18.2 Å². The monoisotopic (exact) mass is 384 g/mol. The number of hydrogen-bond acceptors (Lipinski definition) is 5. The minimum absolute atomic E-state index is 0.0820. The van der Waals surface area contributed by atoms with Crippen LogP contribution in [0.5, 0.6) is 0 Å². The number of halogens is 1. The molecule has 1 aliphatic rings. The molecule has 2 aromatic heterocycles. The Morgan fingerprint density at radius 2 is 2.19 bits per heavy atom. The fourth-order valence-electron chi connectivity index (χ4n) is 3.49. The third kappa shape index (κ3) is 3.40. The van der Waals surface area contributed by atoms with E-state index in [0.717, 1.165) is 28.5 Å². The standard InChI is InChI=1S/C19H17FN4O2S/c1-23-17-5-6-24(19(26)16-10-21-27-22-16)11-14(17)9-13(18(23)25)7-12-3-2-4-15(20)8-12/h2-4,8-10H,5-7,11H2,1H3. The second-order valence-corrected chi connectivity index (χ2v) is 7.14. The molecule has 0 saturated carbocycles. The Hall–Kier alpha value is -2.87. The number of pyridine rings is 1. The highest BCUT2D eigenvalue weighted by Crippen LogP contribution is 2.21. The van der Waals surface area contributed by atoms with E-state index in [2.05, 4.69) is 8.75 Å². The molecule has 0 spiro atoms. The first-order valence-electron chi connectivity index (χ1n) is 8.55. The van der Waals surface area contributed by atoms with Crippen molar-refractivity contribution in [3.8, 4) is 0 Å². The minimum Gasteiger partial charge on any atom is -0.332 e. The summed E-state index contributed by atoms with van der Waals surface area (Å²) in [5, 5.41) is 0. The van der Waals surface area contributed by atoms with Crippen LogP contribution in [0.25, 0.3) is 0 Å². The summed E-state index contributed by atoms with van der Waals surface area (Å²) in [5.41, 5.74) is 3.46. The van der Waals surface area contributed by atoms with E-state index >= 15 is 0 Å². The maximum absolute atomic E-state index is 13.5. The Bertz CT molecular complexity index is 1060. The molecule has 0 fully saturated rings. The first-order valence-corrected chi connectivity index (χ1v) is 9.28. The van der Waals surface area contributed by atoms with Crippen LogP contribution in [-0.4, -0.2) is 30.7 Å². The largest absolute Gasteiger partial charge is 0.332 e. The van der Waals surface area contributed by atoms with Gasteiger partial charge in [-0.15, -0.1) is 0 Å². The minimum atomic E-state index is -0.323. The smallest absolute Gasteiger partial charge is 0.275 e. The van der Waals surface area contributed by atoms with Crippen molar-refractivity contribution in [2.45, 2.75) is 19.4 Å². The third-order valence-corrected chi connectivity index (χ3v) is 5.31. The molecule has 27 heavy (non-hydrogen) atoms. The summed E-state index contributed by atoms with van der Waals surface area (Å²) < 4.78 is 23.0. The van der Waals surface area contributed by atoms with E-state index in [1.807, 2.05) is 6.07 Å². The van der Waals surface area contributed by atoms with Crippen LogP contribution in [-0.2, 0) is 26.4 Å². The lowest BCUT2D eigenvalue weighted by atomic mass is 9.99. The van der Waals surface area contributed by atoms with Crippen LogP contribution in [0.15, 0.2) is 41.3 Å². The predicted octanol–water partition coefficient (Wildman–Crippen LogP) is 2.17. The molecule has 1 amide bonds. The van der Waals surface area contributed by atoms with Crippen molar-refractivity contribution in [3.63, 3.8) is 0 Å². The highest BCUT2D eigenvalue weighted by atomic mass is 32.1. The van der Waals surface area contributed by atoms with Gasteiger partial charge in [0.25, 0.3) is 11.5 Å². The van der Waals surface area contributed by atoms with E-state index in [-0.39, 0.29) is 17.3 Å². The number of rotatable bonds is 3. The first kappa shape index (κ1) is 17.5. The van der Waals surface area contributed by atoms with Crippen molar-refractivity contribution in [2.75, 3.05) is 6.54 Å². The number of benzene rings is 1. The number of amides is 1. The zero-order valence-electron chi connectivity index (χ0n) is 14.7. The van der Waals surface area contributed by atoms with Gasteiger partial charge in [0.1, 0.15) is 5.82 Å². The average molecular weight is 384 g/mol. The maximum atomic E-state index is 13.5. The number of nitrogens with zero attached hydrogens (tertiary/aromatic N) is 4. The van der Waals surface area contributed by atoms with E-state index in [9.17, 15) is 14.0 Å². The average Bonchev–Trinajstić information content (AvgIpc) is 3.20. The molecule has 0 atom stereocenters. The number of carbonyl (C=O) groups excluding carboxylic acids is 1. The van der Waals surface area contributed by atoms with E-state index in [0.29, 0.717) is 37.2 Å². The Balaban J connectivity index is 1.65. The second kappa shape index (κ2) is 7.03. The zero-order chi connectivity index (χ0) is 19.0. The van der Waals surface area contributed by atoms with Crippen LogP contribution in [0, 0.1) is 5.82 Å². The normalized spacial score (nSPS) is 13.5. The van der Waals surface area contributed by atoms with Gasteiger partial charge in [-0.3, -0.25) is 9.59 Å². The predicted molar refractivity (Wildman–Crippen MR) is 99.2 cm³/mol. The fraction of sp³-hybridized carbons (Fsp3) is 0.263. The second-order valence-electron chi connectivity index (χ2n) is 6.58. The van der Waals surface area contributed by atoms with Gasteiger partial charge in [-0.1, -0.05) is 12.1 Å². The fourth-order valence-corrected chi connectivity index (χ4v) is 3.89. The van der Waals surface area contributed by atoms with Crippen molar-refractivity contribution in [3.05, 3.63) is 80.8 Å². The van der Waals surface area contributed by atoms with E-state index < -0.39 is 0 Å².